The molecule has 1 unspecified atom stereocenters. The standard InChI is InChI=1S/C24H27N5O2/c1-16(11-17-5-3-2-4-6-17)31-23-22-20(13-27-24(23)25)21(15-30-22)18-12-28-29(14-18)19-7-9-26-10-8-19/h2-6,12-16,19,26H,7-11H2,1H3,(H2,25,27). The maximum Gasteiger partial charge on any atom is 0.205 e. The molecule has 0 bridgehead atoms. The Balaban J connectivity index is 1.41. The van der Waals surface area contributed by atoms with Gasteiger partial charge in [-0.3, -0.25) is 4.68 Å². The van der Waals surface area contributed by atoms with Crippen LogP contribution in [0.2, 0.25) is 0 Å². The number of anilines is 1. The third-order valence-corrected chi connectivity index (χ3v) is 5.88. The summed E-state index contributed by atoms with van der Waals surface area (Å²) >= 11 is 0. The van der Waals surface area contributed by atoms with Crippen LogP contribution in [0.3, 0.4) is 0 Å². The van der Waals surface area contributed by atoms with Crippen molar-refractivity contribution in [1.29, 1.82) is 0 Å². The van der Waals surface area contributed by atoms with Gasteiger partial charge in [0, 0.05) is 29.9 Å². The first-order valence-electron chi connectivity index (χ1n) is 10.8. The van der Waals surface area contributed by atoms with Crippen molar-refractivity contribution in [2.24, 2.45) is 0 Å². The van der Waals surface area contributed by atoms with E-state index in [2.05, 4.69) is 38.4 Å². The zero-order valence-electron chi connectivity index (χ0n) is 17.6. The number of nitrogens with one attached hydrogen (secondary N) is 1. The van der Waals surface area contributed by atoms with Gasteiger partial charge in [-0.15, -0.1) is 0 Å². The van der Waals surface area contributed by atoms with Crippen LogP contribution in [-0.2, 0) is 6.42 Å². The number of fused-ring (bicyclic) bond motifs is 1. The largest absolute Gasteiger partial charge is 0.483 e. The van der Waals surface area contributed by atoms with E-state index in [-0.39, 0.29) is 6.10 Å². The van der Waals surface area contributed by atoms with Crippen LogP contribution in [0.15, 0.2) is 59.6 Å². The lowest BCUT2D eigenvalue weighted by Crippen LogP contribution is -2.29. The predicted molar refractivity (Wildman–Crippen MR) is 121 cm³/mol. The van der Waals surface area contributed by atoms with E-state index < -0.39 is 0 Å². The summed E-state index contributed by atoms with van der Waals surface area (Å²) in [6.45, 7) is 4.08. The van der Waals surface area contributed by atoms with E-state index in [1.807, 2.05) is 31.3 Å². The molecule has 0 amide bonds. The van der Waals surface area contributed by atoms with Crippen molar-refractivity contribution in [2.75, 3.05) is 18.8 Å². The number of furan rings is 1. The molecular formula is C24H27N5O2. The van der Waals surface area contributed by atoms with Gasteiger partial charge in [0.25, 0.3) is 0 Å². The minimum absolute atomic E-state index is 0.0756. The minimum atomic E-state index is -0.0756. The van der Waals surface area contributed by atoms with Gasteiger partial charge in [0.05, 0.1) is 17.6 Å². The summed E-state index contributed by atoms with van der Waals surface area (Å²) in [6, 6.07) is 10.7. The first-order valence-corrected chi connectivity index (χ1v) is 10.8. The van der Waals surface area contributed by atoms with Gasteiger partial charge < -0.3 is 20.2 Å². The summed E-state index contributed by atoms with van der Waals surface area (Å²) in [5.41, 5.74) is 9.94. The number of nitrogens with two attached hydrogens (primary N) is 1. The second kappa shape index (κ2) is 8.43. The number of nitrogens with zero attached hydrogens (tertiary/aromatic N) is 3. The molecule has 1 atom stereocenters. The van der Waals surface area contributed by atoms with Crippen molar-refractivity contribution >= 4 is 16.8 Å². The van der Waals surface area contributed by atoms with E-state index in [4.69, 9.17) is 14.9 Å². The smallest absolute Gasteiger partial charge is 0.205 e. The Morgan fingerprint density at radius 2 is 2.03 bits per heavy atom. The molecule has 160 valence electrons. The Bertz CT molecular complexity index is 1160. The van der Waals surface area contributed by atoms with Crippen LogP contribution in [0.5, 0.6) is 5.75 Å². The molecule has 1 aliphatic rings. The van der Waals surface area contributed by atoms with Crippen molar-refractivity contribution in [3.63, 3.8) is 0 Å². The van der Waals surface area contributed by atoms with Crippen LogP contribution in [0.1, 0.15) is 31.4 Å². The number of rotatable bonds is 6. The average molecular weight is 418 g/mol. The van der Waals surface area contributed by atoms with Gasteiger partial charge in [0.2, 0.25) is 5.75 Å². The molecule has 0 radical (unpaired) electrons. The lowest BCUT2D eigenvalue weighted by molar-refractivity contribution is 0.223. The van der Waals surface area contributed by atoms with Crippen LogP contribution in [0, 0.1) is 0 Å². The Morgan fingerprint density at radius 1 is 1.23 bits per heavy atom. The highest BCUT2D eigenvalue weighted by atomic mass is 16.5. The fraction of sp³-hybridized carbons (Fsp3) is 0.333. The highest BCUT2D eigenvalue weighted by Crippen LogP contribution is 2.38. The predicted octanol–water partition coefficient (Wildman–Crippen LogP) is 4.21. The zero-order chi connectivity index (χ0) is 21.2. The monoisotopic (exact) mass is 417 g/mol. The van der Waals surface area contributed by atoms with Crippen molar-refractivity contribution < 1.29 is 9.15 Å². The van der Waals surface area contributed by atoms with Crippen LogP contribution >= 0.6 is 0 Å². The van der Waals surface area contributed by atoms with Crippen molar-refractivity contribution in [3.8, 4) is 16.9 Å². The lowest BCUT2D eigenvalue weighted by atomic mass is 10.1. The van der Waals surface area contributed by atoms with Gasteiger partial charge in [-0.2, -0.15) is 5.10 Å². The number of ether oxygens (including phenoxy) is 1. The number of piperidine rings is 1. The molecule has 7 nitrogen and oxygen atoms in total. The summed E-state index contributed by atoms with van der Waals surface area (Å²) in [4.78, 5) is 4.38. The molecule has 0 spiro atoms. The third kappa shape index (κ3) is 4.01. The van der Waals surface area contributed by atoms with Crippen LogP contribution < -0.4 is 15.8 Å². The molecule has 1 aromatic carbocycles. The maximum atomic E-state index is 6.20. The van der Waals surface area contributed by atoms with Gasteiger partial charge >= 0.3 is 0 Å². The molecule has 5 rings (SSSR count). The highest BCUT2D eigenvalue weighted by Gasteiger charge is 2.21. The molecule has 7 heteroatoms. The third-order valence-electron chi connectivity index (χ3n) is 5.88. The van der Waals surface area contributed by atoms with E-state index in [1.165, 1.54) is 5.56 Å². The molecule has 1 fully saturated rings. The molecule has 3 N–H and O–H groups in total. The van der Waals surface area contributed by atoms with Gasteiger partial charge in [0.15, 0.2) is 11.4 Å². The highest BCUT2D eigenvalue weighted by molar-refractivity contribution is 5.97. The Kier molecular flexibility index (Phi) is 5.34. The topological polar surface area (TPSA) is 91.1 Å². The lowest BCUT2D eigenvalue weighted by Gasteiger charge is -2.22. The molecule has 4 heterocycles. The van der Waals surface area contributed by atoms with E-state index in [0.717, 1.165) is 48.9 Å². The Labute approximate surface area is 181 Å². The maximum absolute atomic E-state index is 6.20. The van der Waals surface area contributed by atoms with Gasteiger partial charge in [-0.05, 0) is 38.4 Å². The fourth-order valence-electron chi connectivity index (χ4n) is 4.25. The second-order valence-electron chi connectivity index (χ2n) is 8.17. The van der Waals surface area contributed by atoms with E-state index in [1.54, 1.807) is 12.5 Å². The molecule has 31 heavy (non-hydrogen) atoms. The number of nitrogen functional groups attached to an aromatic ring is 1. The first kappa shape index (κ1) is 19.6. The number of hydrogen-bond acceptors (Lipinski definition) is 6. The molecule has 3 aromatic heterocycles. The van der Waals surface area contributed by atoms with Crippen molar-refractivity contribution in [3.05, 3.63) is 60.7 Å². The van der Waals surface area contributed by atoms with Gasteiger partial charge in [0.1, 0.15) is 12.4 Å². The van der Waals surface area contributed by atoms with E-state index in [0.29, 0.717) is 23.2 Å². The molecular weight excluding hydrogens is 390 g/mol. The normalized spacial score (nSPS) is 15.9. The Morgan fingerprint density at radius 3 is 2.84 bits per heavy atom. The van der Waals surface area contributed by atoms with Crippen molar-refractivity contribution in [1.82, 2.24) is 20.1 Å². The number of benzene rings is 1. The second-order valence-corrected chi connectivity index (χ2v) is 8.17. The molecule has 0 aliphatic carbocycles. The summed E-state index contributed by atoms with van der Waals surface area (Å²) in [7, 11) is 0. The summed E-state index contributed by atoms with van der Waals surface area (Å²) in [6.07, 6.45) is 10.3. The van der Waals surface area contributed by atoms with Crippen LogP contribution in [0.4, 0.5) is 5.82 Å². The average Bonchev–Trinajstić information content (AvgIpc) is 3.44. The van der Waals surface area contributed by atoms with Gasteiger partial charge in [-0.1, -0.05) is 30.3 Å². The molecule has 0 saturated carbocycles. The minimum Gasteiger partial charge on any atom is -0.483 e. The van der Waals surface area contributed by atoms with Crippen molar-refractivity contribution in [2.45, 2.75) is 38.3 Å². The van der Waals surface area contributed by atoms with Crippen LogP contribution in [-0.4, -0.2) is 34.0 Å². The van der Waals surface area contributed by atoms with Gasteiger partial charge in [-0.25, -0.2) is 4.98 Å². The van der Waals surface area contributed by atoms with Crippen LogP contribution in [0.25, 0.3) is 22.1 Å². The van der Waals surface area contributed by atoms with E-state index >= 15 is 0 Å². The quantitative estimate of drug-likeness (QED) is 0.488. The summed E-state index contributed by atoms with van der Waals surface area (Å²) in [5, 5.41) is 8.88. The fourth-order valence-corrected chi connectivity index (χ4v) is 4.25. The summed E-state index contributed by atoms with van der Waals surface area (Å²) < 4.78 is 14.2. The number of aromatic nitrogens is 3. The number of pyridine rings is 1. The summed E-state index contributed by atoms with van der Waals surface area (Å²) in [5.74, 6) is 0.830. The zero-order valence-corrected chi connectivity index (χ0v) is 17.6. The number of hydrogen-bond donors (Lipinski definition) is 2. The molecule has 4 aromatic rings. The molecule has 1 saturated heterocycles. The first-order chi connectivity index (χ1) is 15.2. The van der Waals surface area contributed by atoms with E-state index in [9.17, 15) is 0 Å². The molecule has 1 aliphatic heterocycles. The SMILES string of the molecule is CC(Cc1ccccc1)Oc1c(N)ncc2c(-c3cnn(C4CCNCC4)c3)coc12. The Hall–Kier alpha value is -3.32.